The first kappa shape index (κ1) is 19.2. The van der Waals surface area contributed by atoms with Gasteiger partial charge in [-0.1, -0.05) is 0 Å². The summed E-state index contributed by atoms with van der Waals surface area (Å²) in [7, 11) is 3.29. The maximum absolute atomic E-state index is 12.1. The molecule has 1 aliphatic heterocycles. The molecule has 6 nitrogen and oxygen atoms in total. The van der Waals surface area contributed by atoms with E-state index < -0.39 is 5.60 Å². The van der Waals surface area contributed by atoms with Crippen LogP contribution in [0.5, 0.6) is 0 Å². The van der Waals surface area contributed by atoms with E-state index in [1.807, 2.05) is 32.6 Å². The molecule has 0 aromatic rings. The predicted octanol–water partition coefficient (Wildman–Crippen LogP) is 2.37. The van der Waals surface area contributed by atoms with E-state index >= 15 is 0 Å². The van der Waals surface area contributed by atoms with Crippen LogP contribution in [0.4, 0.5) is 4.79 Å². The van der Waals surface area contributed by atoms with Crippen LogP contribution in [0.3, 0.4) is 0 Å². The van der Waals surface area contributed by atoms with Crippen molar-refractivity contribution in [2.75, 3.05) is 27.3 Å². The van der Waals surface area contributed by atoms with Crippen molar-refractivity contribution in [3.63, 3.8) is 0 Å². The molecular formula is C16H32N2O4. The fourth-order valence-corrected chi connectivity index (χ4v) is 2.73. The summed E-state index contributed by atoms with van der Waals surface area (Å²) in [6.45, 7) is 9.19. The lowest BCUT2D eigenvalue weighted by atomic mass is 10.1. The first-order valence-electron chi connectivity index (χ1n) is 8.06. The Labute approximate surface area is 134 Å². The summed E-state index contributed by atoms with van der Waals surface area (Å²) < 4.78 is 16.0. The van der Waals surface area contributed by atoms with Crippen LogP contribution < -0.4 is 5.32 Å². The second-order valence-corrected chi connectivity index (χ2v) is 6.89. The van der Waals surface area contributed by atoms with Crippen molar-refractivity contribution in [1.82, 2.24) is 10.2 Å². The Hall–Kier alpha value is -0.850. The van der Waals surface area contributed by atoms with E-state index in [2.05, 4.69) is 5.32 Å². The monoisotopic (exact) mass is 316 g/mol. The quantitative estimate of drug-likeness (QED) is 0.789. The van der Waals surface area contributed by atoms with Crippen LogP contribution in [0, 0.1) is 0 Å². The lowest BCUT2D eigenvalue weighted by Gasteiger charge is -2.28. The Kier molecular flexibility index (Phi) is 7.59. The molecule has 1 fully saturated rings. The third-order valence-corrected chi connectivity index (χ3v) is 3.75. The molecule has 0 aromatic heterocycles. The zero-order valence-corrected chi connectivity index (χ0v) is 14.8. The van der Waals surface area contributed by atoms with Crippen molar-refractivity contribution in [3.8, 4) is 0 Å². The van der Waals surface area contributed by atoms with Crippen LogP contribution in [0.1, 0.15) is 47.0 Å². The molecule has 0 saturated carbocycles. The minimum absolute atomic E-state index is 0.105. The zero-order valence-electron chi connectivity index (χ0n) is 14.8. The molecule has 1 amide bonds. The van der Waals surface area contributed by atoms with Crippen LogP contribution >= 0.6 is 0 Å². The summed E-state index contributed by atoms with van der Waals surface area (Å²) in [5.74, 6) is 0. The number of ether oxygens (including phenoxy) is 3. The molecule has 130 valence electrons. The molecule has 0 aliphatic carbocycles. The fourth-order valence-electron chi connectivity index (χ4n) is 2.73. The van der Waals surface area contributed by atoms with E-state index in [1.54, 1.807) is 14.2 Å². The number of nitrogens with one attached hydrogen (secondary N) is 1. The number of hydrogen-bond acceptors (Lipinski definition) is 5. The number of amides is 1. The van der Waals surface area contributed by atoms with Gasteiger partial charge in [-0.15, -0.1) is 0 Å². The summed E-state index contributed by atoms with van der Waals surface area (Å²) >= 11 is 0. The average Bonchev–Trinajstić information content (AvgIpc) is 2.64. The van der Waals surface area contributed by atoms with Crippen LogP contribution in [0.25, 0.3) is 0 Å². The molecule has 2 atom stereocenters. The number of carbonyl (C=O) groups excluding carboxylic acids is 1. The van der Waals surface area contributed by atoms with Gasteiger partial charge in [0.15, 0.2) is 6.29 Å². The predicted molar refractivity (Wildman–Crippen MR) is 85.8 cm³/mol. The minimum atomic E-state index is -0.445. The highest BCUT2D eigenvalue weighted by Gasteiger charge is 2.26. The zero-order chi connectivity index (χ0) is 16.8. The SMILES string of the molecule is COC(OC)C(C)NC1CCCN(C(=O)OC(C)(C)C)CC1. The number of nitrogens with zero attached hydrogens (tertiary/aromatic N) is 1. The van der Waals surface area contributed by atoms with Gasteiger partial charge >= 0.3 is 6.09 Å². The summed E-state index contributed by atoms with van der Waals surface area (Å²) in [4.78, 5) is 13.9. The summed E-state index contributed by atoms with van der Waals surface area (Å²) in [5, 5.41) is 3.54. The summed E-state index contributed by atoms with van der Waals surface area (Å²) in [6.07, 6.45) is 2.43. The van der Waals surface area contributed by atoms with E-state index in [-0.39, 0.29) is 18.4 Å². The van der Waals surface area contributed by atoms with Crippen molar-refractivity contribution in [3.05, 3.63) is 0 Å². The van der Waals surface area contributed by atoms with Crippen LogP contribution in [-0.2, 0) is 14.2 Å². The lowest BCUT2D eigenvalue weighted by Crippen LogP contribution is -2.45. The molecule has 1 aliphatic rings. The third kappa shape index (κ3) is 6.50. The smallest absolute Gasteiger partial charge is 0.410 e. The Bertz CT molecular complexity index is 340. The van der Waals surface area contributed by atoms with Gasteiger partial charge in [0.05, 0.1) is 6.04 Å². The lowest BCUT2D eigenvalue weighted by molar-refractivity contribution is -0.121. The molecule has 1 rings (SSSR count). The van der Waals surface area contributed by atoms with E-state index in [1.165, 1.54) is 0 Å². The molecule has 1 saturated heterocycles. The molecule has 2 unspecified atom stereocenters. The van der Waals surface area contributed by atoms with Crippen molar-refractivity contribution in [2.24, 2.45) is 0 Å². The molecule has 22 heavy (non-hydrogen) atoms. The maximum Gasteiger partial charge on any atom is 0.410 e. The molecule has 0 spiro atoms. The highest BCUT2D eigenvalue weighted by molar-refractivity contribution is 5.68. The van der Waals surface area contributed by atoms with Crippen molar-refractivity contribution in [2.45, 2.75) is 70.9 Å². The van der Waals surface area contributed by atoms with E-state index in [0.717, 1.165) is 25.8 Å². The molecular weight excluding hydrogens is 284 g/mol. The number of likely N-dealkylation sites (tertiary alicyclic amines) is 1. The van der Waals surface area contributed by atoms with E-state index in [9.17, 15) is 4.79 Å². The van der Waals surface area contributed by atoms with Gasteiger partial charge in [-0.3, -0.25) is 0 Å². The molecule has 1 N–H and O–H groups in total. The number of hydrogen-bond donors (Lipinski definition) is 1. The van der Waals surface area contributed by atoms with Crippen LogP contribution in [0.2, 0.25) is 0 Å². The number of rotatable bonds is 5. The van der Waals surface area contributed by atoms with Gasteiger partial charge in [-0.05, 0) is 47.0 Å². The normalized spacial score (nSPS) is 21.6. The number of carbonyl (C=O) groups is 1. The van der Waals surface area contributed by atoms with Crippen molar-refractivity contribution in [1.29, 1.82) is 0 Å². The standard InChI is InChI=1S/C16H32N2O4/c1-12(14(20-5)21-6)17-13-8-7-10-18(11-9-13)15(19)22-16(2,3)4/h12-14,17H,7-11H2,1-6H3. The van der Waals surface area contributed by atoms with Gasteiger partial charge in [-0.25, -0.2) is 4.79 Å². The van der Waals surface area contributed by atoms with E-state index in [0.29, 0.717) is 12.6 Å². The molecule has 6 heteroatoms. The fraction of sp³-hybridized carbons (Fsp3) is 0.938. The largest absolute Gasteiger partial charge is 0.444 e. The Morgan fingerprint density at radius 2 is 1.82 bits per heavy atom. The van der Waals surface area contributed by atoms with Gasteiger partial charge in [-0.2, -0.15) is 0 Å². The molecule has 0 aromatic carbocycles. The first-order valence-corrected chi connectivity index (χ1v) is 8.06. The molecule has 0 radical (unpaired) electrons. The average molecular weight is 316 g/mol. The maximum atomic E-state index is 12.1. The molecule has 1 heterocycles. The second kappa shape index (κ2) is 8.70. The van der Waals surface area contributed by atoms with Gasteiger partial charge in [0, 0.05) is 33.4 Å². The Morgan fingerprint density at radius 3 is 2.36 bits per heavy atom. The van der Waals surface area contributed by atoms with Gasteiger partial charge in [0.25, 0.3) is 0 Å². The van der Waals surface area contributed by atoms with Crippen LogP contribution in [-0.4, -0.2) is 62.3 Å². The van der Waals surface area contributed by atoms with Crippen molar-refractivity contribution >= 4 is 6.09 Å². The van der Waals surface area contributed by atoms with Gasteiger partial charge < -0.3 is 24.4 Å². The third-order valence-electron chi connectivity index (χ3n) is 3.75. The Balaban J connectivity index is 2.47. The molecule has 0 bridgehead atoms. The first-order chi connectivity index (χ1) is 10.3. The van der Waals surface area contributed by atoms with E-state index in [4.69, 9.17) is 14.2 Å². The Morgan fingerprint density at radius 1 is 1.18 bits per heavy atom. The topological polar surface area (TPSA) is 60.0 Å². The highest BCUT2D eigenvalue weighted by Crippen LogP contribution is 2.16. The number of methoxy groups -OCH3 is 2. The van der Waals surface area contributed by atoms with Gasteiger partial charge in [0.2, 0.25) is 0 Å². The minimum Gasteiger partial charge on any atom is -0.444 e. The van der Waals surface area contributed by atoms with Crippen molar-refractivity contribution < 1.29 is 19.0 Å². The highest BCUT2D eigenvalue weighted by atomic mass is 16.7. The summed E-state index contributed by atoms with van der Waals surface area (Å²) in [6, 6.07) is 0.461. The van der Waals surface area contributed by atoms with Crippen LogP contribution in [0.15, 0.2) is 0 Å². The second-order valence-electron chi connectivity index (χ2n) is 6.89. The van der Waals surface area contributed by atoms with Gasteiger partial charge in [0.1, 0.15) is 5.60 Å². The summed E-state index contributed by atoms with van der Waals surface area (Å²) in [5.41, 5.74) is -0.445.